The Labute approximate surface area is 119 Å². The van der Waals surface area contributed by atoms with Gasteiger partial charge in [-0.25, -0.2) is 4.98 Å². The van der Waals surface area contributed by atoms with Gasteiger partial charge >= 0.3 is 0 Å². The number of imidazole rings is 1. The van der Waals surface area contributed by atoms with Crippen molar-refractivity contribution in [1.82, 2.24) is 9.38 Å². The fourth-order valence-corrected chi connectivity index (χ4v) is 2.53. The number of nitrogens with zero attached hydrogens (tertiary/aromatic N) is 2. The van der Waals surface area contributed by atoms with Crippen LogP contribution in [0.25, 0.3) is 16.9 Å². The highest BCUT2D eigenvalue weighted by atomic mass is 35.5. The summed E-state index contributed by atoms with van der Waals surface area (Å²) in [6.07, 6.45) is 3.64. The van der Waals surface area contributed by atoms with Gasteiger partial charge in [0.2, 0.25) is 0 Å². The summed E-state index contributed by atoms with van der Waals surface area (Å²) in [6.45, 7) is 0. The quantitative estimate of drug-likeness (QED) is 0.620. The van der Waals surface area contributed by atoms with Gasteiger partial charge in [0.1, 0.15) is 0 Å². The molecule has 0 N–H and O–H groups in total. The predicted molar refractivity (Wildman–Crippen MR) is 75.7 cm³/mol. The summed E-state index contributed by atoms with van der Waals surface area (Å²) in [4.78, 5) is 4.48. The van der Waals surface area contributed by atoms with Crippen LogP contribution in [0.15, 0.2) is 42.7 Å². The Morgan fingerprint density at radius 2 is 1.78 bits per heavy atom. The van der Waals surface area contributed by atoms with E-state index < -0.39 is 0 Å². The smallest absolute Gasteiger partial charge is 0.156 e. The van der Waals surface area contributed by atoms with Crippen molar-refractivity contribution in [3.8, 4) is 11.3 Å². The maximum Gasteiger partial charge on any atom is 0.156 e. The summed E-state index contributed by atoms with van der Waals surface area (Å²) >= 11 is 18.0. The van der Waals surface area contributed by atoms with E-state index in [1.54, 1.807) is 16.7 Å². The van der Waals surface area contributed by atoms with Gasteiger partial charge in [0.25, 0.3) is 0 Å². The third-order valence-corrected chi connectivity index (χ3v) is 3.31. The molecule has 0 radical (unpaired) electrons. The summed E-state index contributed by atoms with van der Waals surface area (Å²) in [5, 5.41) is 1.77. The number of benzene rings is 1. The lowest BCUT2D eigenvalue weighted by atomic mass is 10.2. The molecule has 0 bridgehead atoms. The van der Waals surface area contributed by atoms with Crippen molar-refractivity contribution in [2.24, 2.45) is 0 Å². The largest absolute Gasteiger partial charge is 0.304 e. The van der Waals surface area contributed by atoms with Crippen LogP contribution >= 0.6 is 34.8 Å². The number of pyridine rings is 1. The first-order valence-electron chi connectivity index (χ1n) is 5.23. The fraction of sp³-hybridized carbons (Fsp3) is 0. The van der Waals surface area contributed by atoms with Crippen molar-refractivity contribution in [3.63, 3.8) is 0 Å². The Morgan fingerprint density at radius 1 is 0.944 bits per heavy atom. The molecule has 0 aliphatic heterocycles. The molecule has 5 heteroatoms. The second-order valence-corrected chi connectivity index (χ2v) is 5.15. The van der Waals surface area contributed by atoms with Gasteiger partial charge in [-0.1, -0.05) is 46.9 Å². The van der Waals surface area contributed by atoms with E-state index in [9.17, 15) is 0 Å². The Morgan fingerprint density at radius 3 is 2.56 bits per heavy atom. The van der Waals surface area contributed by atoms with Crippen LogP contribution in [0.2, 0.25) is 15.1 Å². The van der Waals surface area contributed by atoms with Gasteiger partial charge in [0.15, 0.2) is 5.65 Å². The molecular formula is C13H7Cl3N2. The lowest BCUT2D eigenvalue weighted by Gasteiger charge is -1.95. The van der Waals surface area contributed by atoms with Gasteiger partial charge < -0.3 is 4.40 Å². The minimum absolute atomic E-state index is 0.524. The van der Waals surface area contributed by atoms with Gasteiger partial charge in [-0.05, 0) is 18.2 Å². The third kappa shape index (κ3) is 2.07. The number of hydrogen-bond donors (Lipinski definition) is 0. The molecule has 0 saturated carbocycles. The molecule has 3 aromatic rings. The van der Waals surface area contributed by atoms with E-state index in [0.717, 1.165) is 11.3 Å². The van der Waals surface area contributed by atoms with E-state index >= 15 is 0 Å². The van der Waals surface area contributed by atoms with Crippen molar-refractivity contribution >= 4 is 40.4 Å². The number of halogens is 3. The summed E-state index contributed by atoms with van der Waals surface area (Å²) in [5.41, 5.74) is 2.43. The Hall–Kier alpha value is -1.22. The van der Waals surface area contributed by atoms with E-state index in [2.05, 4.69) is 4.98 Å². The Balaban J connectivity index is 2.22. The molecule has 90 valence electrons. The molecule has 1 aromatic carbocycles. The fourth-order valence-electron chi connectivity index (χ4n) is 1.81. The number of fused-ring (bicyclic) bond motifs is 1. The van der Waals surface area contributed by atoms with E-state index in [0.29, 0.717) is 20.7 Å². The molecule has 3 rings (SSSR count). The zero-order valence-electron chi connectivity index (χ0n) is 9.07. The first-order valence-corrected chi connectivity index (χ1v) is 6.36. The van der Waals surface area contributed by atoms with Crippen LogP contribution in [-0.2, 0) is 0 Å². The van der Waals surface area contributed by atoms with E-state index in [4.69, 9.17) is 34.8 Å². The highest BCUT2D eigenvalue weighted by Crippen LogP contribution is 2.26. The third-order valence-electron chi connectivity index (χ3n) is 2.59. The minimum atomic E-state index is 0.524. The highest BCUT2D eigenvalue weighted by Gasteiger charge is 2.08. The lowest BCUT2D eigenvalue weighted by Crippen LogP contribution is -1.82. The Bertz CT molecular complexity index is 734. The number of aromatic nitrogens is 2. The SMILES string of the molecule is Clc1cccc(-c2cn3cc(Cl)cc(Cl)c3n2)c1. The molecule has 0 saturated heterocycles. The van der Waals surface area contributed by atoms with Crippen LogP contribution in [0.4, 0.5) is 0 Å². The monoisotopic (exact) mass is 296 g/mol. The molecule has 0 unspecified atom stereocenters. The van der Waals surface area contributed by atoms with Gasteiger partial charge in [0.05, 0.1) is 15.7 Å². The van der Waals surface area contributed by atoms with Gasteiger partial charge in [-0.3, -0.25) is 0 Å². The van der Waals surface area contributed by atoms with Crippen molar-refractivity contribution in [2.75, 3.05) is 0 Å². The summed E-state index contributed by atoms with van der Waals surface area (Å²) in [7, 11) is 0. The average molecular weight is 298 g/mol. The zero-order chi connectivity index (χ0) is 12.7. The van der Waals surface area contributed by atoms with Crippen LogP contribution in [-0.4, -0.2) is 9.38 Å². The predicted octanol–water partition coefficient (Wildman–Crippen LogP) is 4.96. The van der Waals surface area contributed by atoms with E-state index in [1.807, 2.05) is 30.5 Å². The van der Waals surface area contributed by atoms with Gasteiger partial charge in [-0.15, -0.1) is 0 Å². The van der Waals surface area contributed by atoms with Crippen LogP contribution < -0.4 is 0 Å². The molecule has 0 aliphatic rings. The first-order chi connectivity index (χ1) is 8.63. The molecular weight excluding hydrogens is 291 g/mol. The molecule has 0 aliphatic carbocycles. The Kier molecular flexibility index (Phi) is 2.94. The number of hydrogen-bond acceptors (Lipinski definition) is 1. The van der Waals surface area contributed by atoms with Crippen LogP contribution in [0, 0.1) is 0 Å². The molecule has 0 fully saturated rings. The molecule has 2 heterocycles. The molecule has 2 aromatic heterocycles. The van der Waals surface area contributed by atoms with Crippen LogP contribution in [0.5, 0.6) is 0 Å². The summed E-state index contributed by atoms with van der Waals surface area (Å²) in [6, 6.07) is 9.19. The number of rotatable bonds is 1. The van der Waals surface area contributed by atoms with E-state index in [-0.39, 0.29) is 0 Å². The normalized spacial score (nSPS) is 11.1. The molecule has 18 heavy (non-hydrogen) atoms. The van der Waals surface area contributed by atoms with Crippen molar-refractivity contribution in [3.05, 3.63) is 57.8 Å². The van der Waals surface area contributed by atoms with Crippen molar-refractivity contribution in [1.29, 1.82) is 0 Å². The molecule has 0 spiro atoms. The maximum absolute atomic E-state index is 6.10. The standard InChI is InChI=1S/C13H7Cl3N2/c14-9-3-1-2-8(4-9)12-7-18-6-10(15)5-11(16)13(18)17-12/h1-7H. The second kappa shape index (κ2) is 4.47. The average Bonchev–Trinajstić information content (AvgIpc) is 2.73. The van der Waals surface area contributed by atoms with Crippen molar-refractivity contribution < 1.29 is 0 Å². The van der Waals surface area contributed by atoms with Crippen molar-refractivity contribution in [2.45, 2.75) is 0 Å². The minimum Gasteiger partial charge on any atom is -0.304 e. The van der Waals surface area contributed by atoms with Crippen LogP contribution in [0.1, 0.15) is 0 Å². The van der Waals surface area contributed by atoms with Gasteiger partial charge in [0, 0.05) is 23.0 Å². The maximum atomic E-state index is 6.10. The summed E-state index contributed by atoms with van der Waals surface area (Å²) < 4.78 is 1.81. The van der Waals surface area contributed by atoms with Gasteiger partial charge in [-0.2, -0.15) is 0 Å². The molecule has 2 nitrogen and oxygen atoms in total. The lowest BCUT2D eigenvalue weighted by molar-refractivity contribution is 1.19. The zero-order valence-corrected chi connectivity index (χ0v) is 11.3. The second-order valence-electron chi connectivity index (χ2n) is 3.87. The van der Waals surface area contributed by atoms with Crippen LogP contribution in [0.3, 0.4) is 0 Å². The topological polar surface area (TPSA) is 17.3 Å². The summed E-state index contributed by atoms with van der Waals surface area (Å²) in [5.74, 6) is 0. The molecule has 0 amide bonds. The molecule has 0 atom stereocenters. The van der Waals surface area contributed by atoms with E-state index in [1.165, 1.54) is 0 Å². The highest BCUT2D eigenvalue weighted by molar-refractivity contribution is 6.36. The first kappa shape index (κ1) is 11.8.